The van der Waals surface area contributed by atoms with Crippen LogP contribution in [0.2, 0.25) is 0 Å². The third kappa shape index (κ3) is 2.17. The standard InChI is InChI=1S/C17H20O3/c1-11-12(9-10-20-11)17(18)15-7-8-16(19-2)14-6-4-3-5-13(14)15/h3-8,11-12,17-18H,9-10H2,1-2H3. The van der Waals surface area contributed by atoms with Gasteiger partial charge in [0.25, 0.3) is 0 Å². The lowest BCUT2D eigenvalue weighted by atomic mass is 9.88. The molecule has 0 radical (unpaired) electrons. The van der Waals surface area contributed by atoms with Gasteiger partial charge in [0, 0.05) is 17.9 Å². The quantitative estimate of drug-likeness (QED) is 0.931. The van der Waals surface area contributed by atoms with E-state index in [4.69, 9.17) is 9.47 Å². The van der Waals surface area contributed by atoms with Gasteiger partial charge in [-0.2, -0.15) is 0 Å². The third-order valence-electron chi connectivity index (χ3n) is 4.30. The molecular formula is C17H20O3. The van der Waals surface area contributed by atoms with Crippen LogP contribution in [0.5, 0.6) is 5.75 Å². The minimum atomic E-state index is -0.497. The first-order chi connectivity index (χ1) is 9.72. The van der Waals surface area contributed by atoms with Crippen LogP contribution >= 0.6 is 0 Å². The lowest BCUT2D eigenvalue weighted by Gasteiger charge is -2.23. The van der Waals surface area contributed by atoms with Gasteiger partial charge >= 0.3 is 0 Å². The molecule has 2 aromatic carbocycles. The summed E-state index contributed by atoms with van der Waals surface area (Å²) in [6.07, 6.45) is 0.511. The first-order valence-corrected chi connectivity index (χ1v) is 7.07. The third-order valence-corrected chi connectivity index (χ3v) is 4.30. The summed E-state index contributed by atoms with van der Waals surface area (Å²) in [6, 6.07) is 11.9. The molecular weight excluding hydrogens is 252 g/mol. The highest BCUT2D eigenvalue weighted by atomic mass is 16.5. The van der Waals surface area contributed by atoms with Crippen molar-refractivity contribution in [2.45, 2.75) is 25.6 Å². The van der Waals surface area contributed by atoms with Gasteiger partial charge in [-0.05, 0) is 30.4 Å². The van der Waals surface area contributed by atoms with E-state index in [-0.39, 0.29) is 12.0 Å². The van der Waals surface area contributed by atoms with Crippen LogP contribution in [-0.4, -0.2) is 24.9 Å². The maximum Gasteiger partial charge on any atom is 0.126 e. The Balaban J connectivity index is 2.07. The molecule has 1 saturated heterocycles. The topological polar surface area (TPSA) is 38.7 Å². The summed E-state index contributed by atoms with van der Waals surface area (Å²) < 4.78 is 11.0. The number of ether oxygens (including phenoxy) is 2. The van der Waals surface area contributed by atoms with Crippen molar-refractivity contribution >= 4 is 10.8 Å². The van der Waals surface area contributed by atoms with Gasteiger partial charge in [-0.1, -0.05) is 30.3 Å². The van der Waals surface area contributed by atoms with Crippen molar-refractivity contribution in [2.24, 2.45) is 5.92 Å². The average Bonchev–Trinajstić information content (AvgIpc) is 2.91. The normalized spacial score (nSPS) is 23.9. The molecule has 1 aliphatic heterocycles. The number of fused-ring (bicyclic) bond motifs is 1. The van der Waals surface area contributed by atoms with Crippen molar-refractivity contribution in [3.8, 4) is 5.75 Å². The predicted octanol–water partition coefficient (Wildman–Crippen LogP) is 3.31. The number of rotatable bonds is 3. The van der Waals surface area contributed by atoms with Gasteiger partial charge in [0.1, 0.15) is 5.75 Å². The Bertz CT molecular complexity index is 608. The molecule has 1 N–H and O–H groups in total. The van der Waals surface area contributed by atoms with E-state index in [1.54, 1.807) is 7.11 Å². The molecule has 0 bridgehead atoms. The largest absolute Gasteiger partial charge is 0.496 e. The molecule has 106 valence electrons. The zero-order valence-electron chi connectivity index (χ0n) is 11.9. The van der Waals surface area contributed by atoms with E-state index in [0.717, 1.165) is 35.1 Å². The fourth-order valence-electron chi connectivity index (χ4n) is 3.12. The van der Waals surface area contributed by atoms with Crippen LogP contribution in [0.15, 0.2) is 36.4 Å². The van der Waals surface area contributed by atoms with E-state index in [9.17, 15) is 5.11 Å². The first kappa shape index (κ1) is 13.4. The Kier molecular flexibility index (Phi) is 3.64. The Hall–Kier alpha value is -1.58. The second-order valence-electron chi connectivity index (χ2n) is 5.38. The molecule has 3 atom stereocenters. The maximum atomic E-state index is 10.7. The van der Waals surface area contributed by atoms with Crippen molar-refractivity contribution < 1.29 is 14.6 Å². The number of hydrogen-bond acceptors (Lipinski definition) is 3. The van der Waals surface area contributed by atoms with Gasteiger partial charge in [-0.25, -0.2) is 0 Å². The van der Waals surface area contributed by atoms with E-state index in [2.05, 4.69) is 0 Å². The summed E-state index contributed by atoms with van der Waals surface area (Å²) >= 11 is 0. The van der Waals surface area contributed by atoms with Crippen LogP contribution in [0.4, 0.5) is 0 Å². The minimum absolute atomic E-state index is 0.103. The predicted molar refractivity (Wildman–Crippen MR) is 79.0 cm³/mol. The van der Waals surface area contributed by atoms with Crippen LogP contribution in [-0.2, 0) is 4.74 Å². The van der Waals surface area contributed by atoms with Crippen LogP contribution < -0.4 is 4.74 Å². The van der Waals surface area contributed by atoms with Crippen LogP contribution in [0.3, 0.4) is 0 Å². The summed E-state index contributed by atoms with van der Waals surface area (Å²) in [5.41, 5.74) is 0.962. The number of aliphatic hydroxyl groups excluding tert-OH is 1. The summed E-state index contributed by atoms with van der Waals surface area (Å²) in [5, 5.41) is 12.8. The summed E-state index contributed by atoms with van der Waals surface area (Å²) in [6.45, 7) is 2.77. The number of benzene rings is 2. The summed E-state index contributed by atoms with van der Waals surface area (Å²) in [7, 11) is 1.67. The van der Waals surface area contributed by atoms with Gasteiger partial charge in [0.05, 0.1) is 19.3 Å². The first-order valence-electron chi connectivity index (χ1n) is 7.07. The highest BCUT2D eigenvalue weighted by Gasteiger charge is 2.32. The number of aliphatic hydroxyl groups is 1. The molecule has 0 spiro atoms. The molecule has 3 heteroatoms. The van der Waals surface area contributed by atoms with Gasteiger partial charge in [-0.15, -0.1) is 0 Å². The van der Waals surface area contributed by atoms with Crippen LogP contribution in [0.1, 0.15) is 25.0 Å². The van der Waals surface area contributed by atoms with Crippen molar-refractivity contribution in [2.75, 3.05) is 13.7 Å². The molecule has 1 fully saturated rings. The van der Waals surface area contributed by atoms with Crippen LogP contribution in [0.25, 0.3) is 10.8 Å². The van der Waals surface area contributed by atoms with E-state index in [0.29, 0.717) is 0 Å². The number of hydrogen-bond donors (Lipinski definition) is 1. The van der Waals surface area contributed by atoms with E-state index < -0.39 is 6.10 Å². The van der Waals surface area contributed by atoms with Crippen molar-refractivity contribution in [3.63, 3.8) is 0 Å². The monoisotopic (exact) mass is 272 g/mol. The molecule has 3 unspecified atom stereocenters. The molecule has 1 heterocycles. The van der Waals surface area contributed by atoms with Gasteiger partial charge in [0.15, 0.2) is 0 Å². The minimum Gasteiger partial charge on any atom is -0.496 e. The molecule has 3 nitrogen and oxygen atoms in total. The fourth-order valence-corrected chi connectivity index (χ4v) is 3.12. The highest BCUT2D eigenvalue weighted by molar-refractivity contribution is 5.91. The maximum absolute atomic E-state index is 10.7. The van der Waals surface area contributed by atoms with E-state index in [1.165, 1.54) is 0 Å². The second-order valence-corrected chi connectivity index (χ2v) is 5.38. The zero-order valence-corrected chi connectivity index (χ0v) is 11.9. The Morgan fingerprint density at radius 3 is 2.60 bits per heavy atom. The Labute approximate surface area is 119 Å². The van der Waals surface area contributed by atoms with E-state index in [1.807, 2.05) is 43.3 Å². The summed E-state index contributed by atoms with van der Waals surface area (Å²) in [4.78, 5) is 0. The van der Waals surface area contributed by atoms with Crippen molar-refractivity contribution in [1.82, 2.24) is 0 Å². The Morgan fingerprint density at radius 1 is 1.20 bits per heavy atom. The molecule has 1 aliphatic rings. The Morgan fingerprint density at radius 2 is 1.95 bits per heavy atom. The molecule has 0 aliphatic carbocycles. The fraction of sp³-hybridized carbons (Fsp3) is 0.412. The SMILES string of the molecule is COc1ccc(C(O)C2CCOC2C)c2ccccc12. The lowest BCUT2D eigenvalue weighted by Crippen LogP contribution is -2.20. The molecule has 0 saturated carbocycles. The molecule has 2 aromatic rings. The van der Waals surface area contributed by atoms with Gasteiger partial charge in [0.2, 0.25) is 0 Å². The molecule has 0 aromatic heterocycles. The van der Waals surface area contributed by atoms with Gasteiger partial charge in [-0.3, -0.25) is 0 Å². The van der Waals surface area contributed by atoms with Crippen LogP contribution in [0, 0.1) is 5.92 Å². The smallest absolute Gasteiger partial charge is 0.126 e. The zero-order chi connectivity index (χ0) is 14.1. The summed E-state index contributed by atoms with van der Waals surface area (Å²) in [5.74, 6) is 0.999. The average molecular weight is 272 g/mol. The van der Waals surface area contributed by atoms with Crippen molar-refractivity contribution in [1.29, 1.82) is 0 Å². The van der Waals surface area contributed by atoms with E-state index >= 15 is 0 Å². The highest BCUT2D eigenvalue weighted by Crippen LogP contribution is 2.38. The molecule has 3 rings (SSSR count). The second kappa shape index (κ2) is 5.43. The van der Waals surface area contributed by atoms with Gasteiger partial charge < -0.3 is 14.6 Å². The molecule has 0 amide bonds. The number of methoxy groups -OCH3 is 1. The molecule has 20 heavy (non-hydrogen) atoms. The lowest BCUT2D eigenvalue weighted by molar-refractivity contribution is 0.0438. The van der Waals surface area contributed by atoms with Crippen molar-refractivity contribution in [3.05, 3.63) is 42.0 Å².